The van der Waals surface area contributed by atoms with Gasteiger partial charge in [-0.2, -0.15) is 0 Å². The van der Waals surface area contributed by atoms with Crippen LogP contribution < -0.4 is 28.0 Å². The van der Waals surface area contributed by atoms with Gasteiger partial charge in [-0.3, -0.25) is 24.0 Å². The highest BCUT2D eigenvalue weighted by atomic mass is 28.3. The fourth-order valence-corrected chi connectivity index (χ4v) is 15.9. The van der Waals surface area contributed by atoms with Crippen LogP contribution in [0.5, 0.6) is 0 Å². The first-order valence-electron chi connectivity index (χ1n) is 40.7. The zero-order valence-electron chi connectivity index (χ0n) is 73.6. The number of aryl methyl sites for hydroxylation is 13. The molecule has 14 rings (SSSR count). The number of carbonyl (C=O) groups is 5. The van der Waals surface area contributed by atoms with Crippen LogP contribution in [0.2, 0.25) is 19.6 Å². The molecule has 0 aliphatic heterocycles. The molecular formula is C108H116N5O5Si+5. The van der Waals surface area contributed by atoms with Gasteiger partial charge in [-0.25, -0.2) is 22.8 Å². The number of rotatable bonds is 15. The third-order valence-corrected chi connectivity index (χ3v) is 23.6. The maximum absolute atomic E-state index is 12.9. The molecule has 5 aromatic heterocycles. The van der Waals surface area contributed by atoms with Gasteiger partial charge in [0.05, 0.1) is 35.9 Å². The van der Waals surface area contributed by atoms with Crippen molar-refractivity contribution in [2.24, 2.45) is 40.7 Å². The van der Waals surface area contributed by atoms with E-state index in [1.54, 1.807) is 0 Å². The van der Waals surface area contributed by atoms with Crippen molar-refractivity contribution in [3.63, 3.8) is 0 Å². The average molecular weight is 1590 g/mol. The minimum atomic E-state index is -1.31. The van der Waals surface area contributed by atoms with Gasteiger partial charge in [0.1, 0.15) is 35.2 Å². The van der Waals surface area contributed by atoms with E-state index < -0.39 is 8.07 Å². The highest BCUT2D eigenvalue weighted by molar-refractivity contribution is 6.88. The molecule has 0 bridgehead atoms. The van der Waals surface area contributed by atoms with E-state index in [0.29, 0.717) is 33.4 Å². The Hall–Kier alpha value is -12.7. The molecule has 0 aliphatic carbocycles. The lowest BCUT2D eigenvalue weighted by Crippen LogP contribution is -2.38. The largest absolute Gasteiger partial charge is 0.293 e. The fourth-order valence-electron chi connectivity index (χ4n) is 14.7. The van der Waals surface area contributed by atoms with Crippen LogP contribution in [0, 0.1) is 60.8 Å². The van der Waals surface area contributed by atoms with Gasteiger partial charge in [0.25, 0.3) is 0 Å². The molecule has 11 heteroatoms. The van der Waals surface area contributed by atoms with Gasteiger partial charge < -0.3 is 0 Å². The molecule has 0 fully saturated rings. The van der Waals surface area contributed by atoms with Crippen molar-refractivity contribution in [3.8, 4) is 56.3 Å². The normalized spacial score (nSPS) is 11.1. The number of nitrogens with zero attached hydrogens (tertiary/aromatic N) is 5. The quantitative estimate of drug-likeness (QED) is 0.0578. The zero-order chi connectivity index (χ0) is 86.4. The van der Waals surface area contributed by atoms with Crippen LogP contribution in [-0.4, -0.2) is 37.0 Å². The minimum absolute atomic E-state index is 0.0486. The first-order chi connectivity index (χ1) is 56.4. The van der Waals surface area contributed by atoms with Gasteiger partial charge in [0.2, 0.25) is 28.5 Å². The highest BCUT2D eigenvalue weighted by Gasteiger charge is 2.28. The molecule has 10 nitrogen and oxygen atoms in total. The molecule has 0 atom stereocenters. The second kappa shape index (κ2) is 38.6. The molecule has 0 amide bonds. The van der Waals surface area contributed by atoms with Gasteiger partial charge in [0.15, 0.2) is 59.9 Å². The van der Waals surface area contributed by atoms with E-state index >= 15 is 0 Å². The lowest BCUT2D eigenvalue weighted by atomic mass is 9.86. The van der Waals surface area contributed by atoms with E-state index in [2.05, 4.69) is 193 Å². The summed E-state index contributed by atoms with van der Waals surface area (Å²) in [5.41, 5.74) is 28.9. The summed E-state index contributed by atoms with van der Waals surface area (Å²) in [6.07, 6.45) is 9.59. The zero-order valence-corrected chi connectivity index (χ0v) is 74.6. The molecular weight excluding hydrogens is 1480 g/mol. The number of benzene rings is 9. The van der Waals surface area contributed by atoms with Crippen LogP contribution in [0.25, 0.3) is 56.3 Å². The van der Waals surface area contributed by atoms with Crippen LogP contribution in [0.4, 0.5) is 0 Å². The Morgan fingerprint density at radius 2 is 0.504 bits per heavy atom. The smallest absolute Gasteiger partial charge is 0.212 e. The summed E-state index contributed by atoms with van der Waals surface area (Å²) in [6.45, 7) is 36.4. The van der Waals surface area contributed by atoms with Gasteiger partial charge in [-0.15, -0.1) is 0 Å². The molecule has 0 aliphatic rings. The van der Waals surface area contributed by atoms with Crippen LogP contribution in [0.15, 0.2) is 304 Å². The van der Waals surface area contributed by atoms with Crippen molar-refractivity contribution < 1.29 is 46.8 Å². The van der Waals surface area contributed by atoms with Crippen LogP contribution in [0.1, 0.15) is 166 Å². The highest BCUT2D eigenvalue weighted by Crippen LogP contribution is 2.30. The Bertz CT molecular complexity index is 6050. The number of aromatic nitrogens is 5. The van der Waals surface area contributed by atoms with Crippen molar-refractivity contribution in [3.05, 3.63) is 404 Å². The van der Waals surface area contributed by atoms with Crippen molar-refractivity contribution in [1.29, 1.82) is 0 Å². The third-order valence-electron chi connectivity index (χ3n) is 21.5. The number of carbonyl (C=O) groups excluding carboxylic acids is 5. The Kier molecular flexibility index (Phi) is 28.7. The van der Waals surface area contributed by atoms with Gasteiger partial charge in [-0.05, 0) is 155 Å². The number of Topliss-reactive ketones (excluding diaryl/α,β-unsaturated/α-hetero) is 1. The topological polar surface area (TPSA) is 105 Å². The molecule has 602 valence electrons. The predicted octanol–water partition coefficient (Wildman–Crippen LogP) is 21.4. The minimum Gasteiger partial charge on any atom is -0.293 e. The Morgan fingerprint density at radius 1 is 0.252 bits per heavy atom. The molecule has 0 radical (unpaired) electrons. The van der Waals surface area contributed by atoms with Crippen molar-refractivity contribution in [2.45, 2.75) is 122 Å². The average Bonchev–Trinajstić information content (AvgIpc) is 0.806. The van der Waals surface area contributed by atoms with Crippen LogP contribution in [0.3, 0.4) is 0 Å². The number of hydrogen-bond donors (Lipinski definition) is 0. The molecule has 0 N–H and O–H groups in total. The molecule has 0 saturated heterocycles. The van der Waals surface area contributed by atoms with Gasteiger partial charge in [-0.1, -0.05) is 265 Å². The molecule has 5 heterocycles. The summed E-state index contributed by atoms with van der Waals surface area (Å²) in [5, 5.41) is 1.47. The lowest BCUT2D eigenvalue weighted by Gasteiger charge is -2.18. The monoisotopic (exact) mass is 1590 g/mol. The van der Waals surface area contributed by atoms with Gasteiger partial charge in [0, 0.05) is 85.8 Å². The Labute approximate surface area is 707 Å². The van der Waals surface area contributed by atoms with E-state index in [1.165, 1.54) is 83.1 Å². The molecule has 0 unspecified atom stereocenters. The van der Waals surface area contributed by atoms with E-state index in [0.717, 1.165) is 45.2 Å². The molecule has 14 aromatic rings. The summed E-state index contributed by atoms with van der Waals surface area (Å²) >= 11 is 0. The van der Waals surface area contributed by atoms with E-state index in [-0.39, 0.29) is 39.7 Å². The number of hydrogen-bond acceptors (Lipinski definition) is 5. The van der Waals surface area contributed by atoms with E-state index in [9.17, 15) is 24.0 Å². The molecule has 0 saturated carbocycles. The first-order valence-corrected chi connectivity index (χ1v) is 44.2. The van der Waals surface area contributed by atoms with E-state index in [4.69, 9.17) is 0 Å². The Morgan fingerprint density at radius 3 is 0.773 bits per heavy atom. The summed E-state index contributed by atoms with van der Waals surface area (Å²) in [6, 6.07) is 90.3. The summed E-state index contributed by atoms with van der Waals surface area (Å²) < 4.78 is 10.2. The Balaban J connectivity index is 0.000000157. The fraction of sp³-hybridized carbons (Fsp3) is 0.222. The predicted molar refractivity (Wildman–Crippen MR) is 488 cm³/mol. The summed E-state index contributed by atoms with van der Waals surface area (Å²) in [4.78, 5) is 63.0. The first kappa shape index (κ1) is 88.7. The lowest BCUT2D eigenvalue weighted by molar-refractivity contribution is -0.660. The van der Waals surface area contributed by atoms with Crippen LogP contribution >= 0.6 is 0 Å². The summed E-state index contributed by atoms with van der Waals surface area (Å²) in [5.74, 6) is 0.378. The molecule has 119 heavy (non-hydrogen) atoms. The van der Waals surface area contributed by atoms with Gasteiger partial charge >= 0.3 is 0 Å². The van der Waals surface area contributed by atoms with Crippen molar-refractivity contribution >= 4 is 42.2 Å². The second-order valence-electron chi connectivity index (χ2n) is 34.4. The standard InChI is InChI=1S/C25H28NO.C23H26NOSi.C21H20NO.C20H18NO.C19H24NO/c1-17-7-13-22(18(2)15-17)23-14-10-20(16-26(23)6)24(27)19-8-11-21(12-9-19)25(3,4)5;1-17-15-20(26(3,4)5)12-13-21(17)22-14-11-19(16-24(22)2)23(25)18-9-7-6-8-10-18;1-15-9-11-19(16(2)13-15)20-12-10-18(14-22(20)3)21(23)17-7-5-4-6-8-17;1-15-8-6-7-11-18(15)19-13-12-17(14-21(19)2)20(22)16-9-4-3-5-10-16;1-13-7-9-16(14(2)11-13)17-10-8-15(12-20(17)6)18(21)19(3,4)5/h7-16H,1-6H3;6-16H,1-5H3;4-14H,1-3H3;3-14H,1-2H3;7-12H,1-6H3/q5*+1. The molecule has 9 aromatic carbocycles. The second-order valence-corrected chi connectivity index (χ2v) is 39.5. The van der Waals surface area contributed by atoms with Crippen molar-refractivity contribution in [1.82, 2.24) is 0 Å². The number of pyridine rings is 5. The third kappa shape index (κ3) is 22.5. The maximum atomic E-state index is 12.9. The van der Waals surface area contributed by atoms with E-state index in [1.807, 2.05) is 286 Å². The van der Waals surface area contributed by atoms with Crippen LogP contribution in [-0.2, 0) is 40.7 Å². The summed E-state index contributed by atoms with van der Waals surface area (Å²) in [7, 11) is 8.63. The maximum Gasteiger partial charge on any atom is 0.212 e. The SMILES string of the molecule is Cc1cc([Si](C)(C)C)ccc1-c1ccc(C(=O)c2ccccc2)c[n+]1C.Cc1ccc(-c2ccc(C(=O)C(C)(C)C)c[n+]2C)c(C)c1.Cc1ccc(-c2ccc(C(=O)c3ccc(C(C)(C)C)cc3)c[n+]2C)c(C)c1.Cc1ccc(-c2ccc(C(=O)c3ccccc3)c[n+]2C)c(C)c1.Cc1ccccc1-c1ccc(C(=O)c2ccccc2)c[n+]1C. The van der Waals surface area contributed by atoms with Crippen molar-refractivity contribution in [2.75, 3.05) is 0 Å². The number of ketones is 5. The molecule has 0 spiro atoms.